The van der Waals surface area contributed by atoms with Crippen molar-refractivity contribution in [2.75, 3.05) is 5.32 Å². The van der Waals surface area contributed by atoms with Crippen LogP contribution in [-0.2, 0) is 4.74 Å². The van der Waals surface area contributed by atoms with E-state index in [4.69, 9.17) is 4.74 Å². The molecule has 1 aromatic carbocycles. The summed E-state index contributed by atoms with van der Waals surface area (Å²) >= 11 is -0.269. The standard InChI is InChI=1S/C13H16F3NO2S/c1-8-5-6-9(10(7-8)20-13(14,15)16)17-11(18)19-12(2,3)4/h5-7H,1-4H3,(H,17,18). The molecule has 7 heteroatoms. The predicted octanol–water partition coefficient (Wildman–Crippen LogP) is 4.95. The van der Waals surface area contributed by atoms with Gasteiger partial charge in [-0.2, -0.15) is 13.2 Å². The summed E-state index contributed by atoms with van der Waals surface area (Å²) < 4.78 is 42.5. The molecule has 0 aromatic heterocycles. The van der Waals surface area contributed by atoms with E-state index in [-0.39, 0.29) is 22.3 Å². The van der Waals surface area contributed by atoms with E-state index in [1.165, 1.54) is 12.1 Å². The highest BCUT2D eigenvalue weighted by molar-refractivity contribution is 8.00. The van der Waals surface area contributed by atoms with E-state index in [2.05, 4.69) is 5.32 Å². The molecule has 3 nitrogen and oxygen atoms in total. The number of alkyl halides is 3. The number of carbonyl (C=O) groups excluding carboxylic acids is 1. The van der Waals surface area contributed by atoms with Gasteiger partial charge in [0.2, 0.25) is 0 Å². The molecule has 20 heavy (non-hydrogen) atoms. The second-order valence-corrected chi connectivity index (χ2v) is 6.28. The van der Waals surface area contributed by atoms with Gasteiger partial charge in [0, 0.05) is 4.90 Å². The molecule has 112 valence electrons. The molecule has 0 atom stereocenters. The zero-order chi connectivity index (χ0) is 15.6. The molecule has 0 bridgehead atoms. The van der Waals surface area contributed by atoms with Crippen molar-refractivity contribution in [3.05, 3.63) is 23.8 Å². The first kappa shape index (κ1) is 16.7. The molecular weight excluding hydrogens is 291 g/mol. The maximum absolute atomic E-state index is 12.5. The fraction of sp³-hybridized carbons (Fsp3) is 0.462. The quantitative estimate of drug-likeness (QED) is 0.785. The first-order valence-corrected chi connectivity index (χ1v) is 6.64. The lowest BCUT2D eigenvalue weighted by atomic mass is 10.2. The van der Waals surface area contributed by atoms with Crippen LogP contribution < -0.4 is 5.32 Å². The summed E-state index contributed by atoms with van der Waals surface area (Å²) in [5.41, 5.74) is -4.39. The molecule has 0 heterocycles. The Morgan fingerprint density at radius 2 is 1.85 bits per heavy atom. The van der Waals surface area contributed by atoms with Crippen LogP contribution in [0.25, 0.3) is 0 Å². The van der Waals surface area contributed by atoms with Crippen LogP contribution in [0.4, 0.5) is 23.7 Å². The average molecular weight is 307 g/mol. The Bertz CT molecular complexity index is 495. The number of nitrogens with one attached hydrogen (secondary N) is 1. The molecule has 1 rings (SSSR count). The molecule has 0 saturated carbocycles. The molecule has 0 aliphatic rings. The van der Waals surface area contributed by atoms with Gasteiger partial charge >= 0.3 is 11.6 Å². The van der Waals surface area contributed by atoms with Crippen molar-refractivity contribution in [1.29, 1.82) is 0 Å². The number of anilines is 1. The van der Waals surface area contributed by atoms with E-state index in [0.29, 0.717) is 5.56 Å². The van der Waals surface area contributed by atoms with Crippen LogP contribution in [0.15, 0.2) is 23.1 Å². The van der Waals surface area contributed by atoms with Gasteiger partial charge in [0.1, 0.15) is 5.60 Å². The van der Waals surface area contributed by atoms with Gasteiger partial charge in [-0.15, -0.1) is 0 Å². The van der Waals surface area contributed by atoms with Gasteiger partial charge in [0.25, 0.3) is 0 Å². The Morgan fingerprint density at radius 1 is 1.25 bits per heavy atom. The molecular formula is C13H16F3NO2S. The maximum Gasteiger partial charge on any atom is 0.446 e. The smallest absolute Gasteiger partial charge is 0.444 e. The fourth-order valence-corrected chi connectivity index (χ4v) is 2.08. The minimum Gasteiger partial charge on any atom is -0.444 e. The van der Waals surface area contributed by atoms with E-state index in [9.17, 15) is 18.0 Å². The monoisotopic (exact) mass is 307 g/mol. The molecule has 0 unspecified atom stereocenters. The predicted molar refractivity (Wildman–Crippen MR) is 72.9 cm³/mol. The van der Waals surface area contributed by atoms with Gasteiger partial charge in [-0.05, 0) is 57.2 Å². The summed E-state index contributed by atoms with van der Waals surface area (Å²) in [5.74, 6) is 0. The average Bonchev–Trinajstić information content (AvgIpc) is 2.17. The molecule has 0 aliphatic carbocycles. The normalized spacial score (nSPS) is 12.2. The van der Waals surface area contributed by atoms with Gasteiger partial charge in [0.05, 0.1) is 5.69 Å². The molecule has 1 N–H and O–H groups in total. The maximum atomic E-state index is 12.5. The number of carbonyl (C=O) groups is 1. The van der Waals surface area contributed by atoms with Crippen molar-refractivity contribution in [3.63, 3.8) is 0 Å². The first-order chi connectivity index (χ1) is 8.96. The number of ether oxygens (including phenoxy) is 1. The third kappa shape index (κ3) is 6.18. The molecule has 0 fully saturated rings. The summed E-state index contributed by atoms with van der Waals surface area (Å²) in [6.07, 6.45) is -0.787. The van der Waals surface area contributed by atoms with E-state index >= 15 is 0 Å². The van der Waals surface area contributed by atoms with Crippen LogP contribution in [0.1, 0.15) is 26.3 Å². The van der Waals surface area contributed by atoms with Gasteiger partial charge in [-0.25, -0.2) is 4.79 Å². The van der Waals surface area contributed by atoms with Crippen LogP contribution in [0.5, 0.6) is 0 Å². The van der Waals surface area contributed by atoms with Crippen LogP contribution in [-0.4, -0.2) is 17.2 Å². The van der Waals surface area contributed by atoms with Crippen molar-refractivity contribution in [2.24, 2.45) is 0 Å². The van der Waals surface area contributed by atoms with Gasteiger partial charge in [0.15, 0.2) is 0 Å². The second kappa shape index (κ2) is 5.95. The van der Waals surface area contributed by atoms with E-state index in [1.807, 2.05) is 0 Å². The largest absolute Gasteiger partial charge is 0.446 e. The Labute approximate surface area is 119 Å². The first-order valence-electron chi connectivity index (χ1n) is 5.83. The van der Waals surface area contributed by atoms with Crippen LogP contribution in [0.3, 0.4) is 0 Å². The number of hydrogen-bond acceptors (Lipinski definition) is 3. The van der Waals surface area contributed by atoms with Crippen molar-refractivity contribution in [1.82, 2.24) is 0 Å². The zero-order valence-electron chi connectivity index (χ0n) is 11.6. The number of aryl methyl sites for hydroxylation is 1. The van der Waals surface area contributed by atoms with Gasteiger partial charge < -0.3 is 4.74 Å². The summed E-state index contributed by atoms with van der Waals surface area (Å²) in [5, 5.41) is 2.33. The van der Waals surface area contributed by atoms with E-state index in [0.717, 1.165) is 0 Å². The molecule has 1 amide bonds. The third-order valence-corrected chi connectivity index (χ3v) is 2.79. The molecule has 0 saturated heterocycles. The summed E-state index contributed by atoms with van der Waals surface area (Å²) in [6, 6.07) is 4.41. The summed E-state index contributed by atoms with van der Waals surface area (Å²) in [7, 11) is 0. The lowest BCUT2D eigenvalue weighted by Crippen LogP contribution is -2.27. The Hall–Kier alpha value is -1.37. The minimum absolute atomic E-state index is 0.0663. The molecule has 0 spiro atoms. The van der Waals surface area contributed by atoms with Crippen molar-refractivity contribution in [3.8, 4) is 0 Å². The highest BCUT2D eigenvalue weighted by Crippen LogP contribution is 2.40. The number of amides is 1. The van der Waals surface area contributed by atoms with Crippen LogP contribution in [0.2, 0.25) is 0 Å². The number of benzene rings is 1. The molecule has 0 radical (unpaired) electrons. The van der Waals surface area contributed by atoms with E-state index in [1.54, 1.807) is 33.8 Å². The lowest BCUT2D eigenvalue weighted by molar-refractivity contribution is -0.0328. The Balaban J connectivity index is 2.92. The molecule has 1 aromatic rings. The second-order valence-electron chi connectivity index (χ2n) is 5.17. The van der Waals surface area contributed by atoms with Crippen LogP contribution >= 0.6 is 11.8 Å². The van der Waals surface area contributed by atoms with Crippen molar-refractivity contribution in [2.45, 2.75) is 43.7 Å². The summed E-state index contributed by atoms with van der Waals surface area (Å²) in [4.78, 5) is 11.5. The third-order valence-electron chi connectivity index (χ3n) is 2.00. The van der Waals surface area contributed by atoms with Crippen molar-refractivity contribution < 1.29 is 22.7 Å². The number of rotatable bonds is 2. The van der Waals surface area contributed by atoms with Gasteiger partial charge in [-0.3, -0.25) is 5.32 Å². The number of thioether (sulfide) groups is 1. The van der Waals surface area contributed by atoms with E-state index < -0.39 is 17.2 Å². The lowest BCUT2D eigenvalue weighted by Gasteiger charge is -2.20. The van der Waals surface area contributed by atoms with Crippen molar-refractivity contribution >= 4 is 23.5 Å². The van der Waals surface area contributed by atoms with Crippen LogP contribution in [0, 0.1) is 6.92 Å². The Kier molecular flexibility index (Phi) is 4.96. The number of hydrogen-bond donors (Lipinski definition) is 1. The van der Waals surface area contributed by atoms with Gasteiger partial charge in [-0.1, -0.05) is 6.07 Å². The fourth-order valence-electron chi connectivity index (χ4n) is 1.36. The molecule has 0 aliphatic heterocycles. The summed E-state index contributed by atoms with van der Waals surface area (Å²) in [6.45, 7) is 6.70. The highest BCUT2D eigenvalue weighted by atomic mass is 32.2. The minimum atomic E-state index is -4.42. The number of halogens is 3. The Morgan fingerprint density at radius 3 is 2.35 bits per heavy atom. The SMILES string of the molecule is Cc1ccc(NC(=O)OC(C)(C)C)c(SC(F)(F)F)c1. The highest BCUT2D eigenvalue weighted by Gasteiger charge is 2.31. The zero-order valence-corrected chi connectivity index (χ0v) is 12.4. The topological polar surface area (TPSA) is 38.3 Å².